The van der Waals surface area contributed by atoms with Crippen molar-refractivity contribution in [3.8, 4) is 5.75 Å². The molecule has 2 nitrogen and oxygen atoms in total. The molecular weight excluding hydrogens is 170 g/mol. The molecule has 0 aliphatic rings. The van der Waals surface area contributed by atoms with Crippen LogP contribution in [0.2, 0.25) is 0 Å². The van der Waals surface area contributed by atoms with Crippen LogP contribution in [0.1, 0.15) is 5.56 Å². The van der Waals surface area contributed by atoms with E-state index in [9.17, 15) is 5.11 Å². The van der Waals surface area contributed by atoms with Crippen molar-refractivity contribution >= 4 is 17.4 Å². The quantitative estimate of drug-likeness (QED) is 0.555. The Morgan fingerprint density at radius 2 is 2.25 bits per heavy atom. The third-order valence-corrected chi connectivity index (χ3v) is 2.29. The lowest BCUT2D eigenvalue weighted by Crippen LogP contribution is -1.91. The molecule has 3 heteroatoms. The largest absolute Gasteiger partial charge is 0.508 e. The first-order chi connectivity index (χ1) is 5.74. The molecule has 0 aliphatic heterocycles. The van der Waals surface area contributed by atoms with Gasteiger partial charge in [-0.3, -0.25) is 0 Å². The number of hydrogen-bond donors (Lipinski definition) is 2. The fourth-order valence-corrected chi connectivity index (χ4v) is 1.44. The Labute approximate surface area is 76.8 Å². The topological polar surface area (TPSA) is 46.2 Å². The monoisotopic (exact) mass is 183 g/mol. The molecule has 0 unspecified atom stereocenters. The number of aromatic hydroxyl groups is 1. The van der Waals surface area contributed by atoms with E-state index < -0.39 is 0 Å². The van der Waals surface area contributed by atoms with E-state index in [2.05, 4.69) is 0 Å². The summed E-state index contributed by atoms with van der Waals surface area (Å²) in [6, 6.07) is 5.18. The van der Waals surface area contributed by atoms with Crippen LogP contribution in [-0.4, -0.2) is 17.1 Å². The summed E-state index contributed by atoms with van der Waals surface area (Å²) >= 11 is 1.76. The molecule has 1 aromatic rings. The Balaban J connectivity index is 2.75. The predicted molar refractivity (Wildman–Crippen MR) is 54.6 cm³/mol. The van der Waals surface area contributed by atoms with Gasteiger partial charge in [-0.25, -0.2) is 0 Å². The Morgan fingerprint density at radius 3 is 2.92 bits per heavy atom. The summed E-state index contributed by atoms with van der Waals surface area (Å²) in [7, 11) is 0. The van der Waals surface area contributed by atoms with Crippen molar-refractivity contribution in [3.05, 3.63) is 23.8 Å². The average Bonchev–Trinajstić information content (AvgIpc) is 2.07. The Bertz CT molecular complexity index is 263. The van der Waals surface area contributed by atoms with Crippen LogP contribution >= 0.6 is 11.8 Å². The van der Waals surface area contributed by atoms with Gasteiger partial charge in [-0.15, -0.1) is 0 Å². The molecule has 0 atom stereocenters. The average molecular weight is 183 g/mol. The first-order valence-electron chi connectivity index (χ1n) is 3.80. The number of thioether (sulfide) groups is 1. The molecule has 0 fully saturated rings. The number of nitrogens with two attached hydrogens (primary N) is 1. The third-order valence-electron chi connectivity index (χ3n) is 1.68. The summed E-state index contributed by atoms with van der Waals surface area (Å²) in [5.74, 6) is 1.36. The van der Waals surface area contributed by atoms with Crippen molar-refractivity contribution in [1.82, 2.24) is 0 Å². The van der Waals surface area contributed by atoms with Crippen LogP contribution in [0.5, 0.6) is 5.75 Å². The van der Waals surface area contributed by atoms with Gasteiger partial charge in [0.25, 0.3) is 0 Å². The molecule has 1 rings (SSSR count). The molecule has 12 heavy (non-hydrogen) atoms. The molecule has 0 amide bonds. The van der Waals surface area contributed by atoms with Crippen molar-refractivity contribution < 1.29 is 5.11 Å². The van der Waals surface area contributed by atoms with Gasteiger partial charge in [0.15, 0.2) is 0 Å². The summed E-state index contributed by atoms with van der Waals surface area (Å²) in [5, 5.41) is 9.40. The lowest BCUT2D eigenvalue weighted by molar-refractivity contribution is 0.469. The zero-order valence-electron chi connectivity index (χ0n) is 7.08. The maximum Gasteiger partial charge on any atom is 0.118 e. The minimum absolute atomic E-state index is 0.346. The van der Waals surface area contributed by atoms with Gasteiger partial charge in [0.05, 0.1) is 0 Å². The van der Waals surface area contributed by atoms with Crippen molar-refractivity contribution in [2.75, 3.05) is 17.7 Å². The van der Waals surface area contributed by atoms with Gasteiger partial charge in [0.1, 0.15) is 5.75 Å². The molecule has 0 saturated carbocycles. The summed E-state index contributed by atoms with van der Waals surface area (Å²) in [4.78, 5) is 0. The molecule has 0 heterocycles. The molecule has 66 valence electrons. The minimum Gasteiger partial charge on any atom is -0.508 e. The van der Waals surface area contributed by atoms with Crippen LogP contribution in [0, 0.1) is 0 Å². The summed E-state index contributed by atoms with van der Waals surface area (Å²) in [6.45, 7) is 0. The standard InChI is InChI=1S/C9H13NOS/c1-12-5-4-7-6-8(10)2-3-9(7)11/h2-3,6,11H,4-5,10H2,1H3. The Morgan fingerprint density at radius 1 is 1.50 bits per heavy atom. The van der Waals surface area contributed by atoms with E-state index in [-0.39, 0.29) is 0 Å². The van der Waals surface area contributed by atoms with Gasteiger partial charge in [-0.05, 0) is 42.2 Å². The van der Waals surface area contributed by atoms with E-state index in [1.54, 1.807) is 23.9 Å². The molecule has 0 aliphatic carbocycles. The first kappa shape index (κ1) is 9.26. The predicted octanol–water partition coefficient (Wildman–Crippen LogP) is 1.88. The second-order valence-corrected chi connectivity index (χ2v) is 3.62. The Hall–Kier alpha value is -0.830. The first-order valence-corrected chi connectivity index (χ1v) is 5.19. The molecule has 0 bridgehead atoms. The maximum atomic E-state index is 9.40. The number of aryl methyl sites for hydroxylation is 1. The van der Waals surface area contributed by atoms with Crippen LogP contribution in [0.3, 0.4) is 0 Å². The van der Waals surface area contributed by atoms with Crippen LogP contribution in [0.15, 0.2) is 18.2 Å². The third kappa shape index (κ3) is 2.34. The number of phenolic OH excluding ortho intramolecular Hbond substituents is 1. The molecule has 0 radical (unpaired) electrons. The van der Waals surface area contributed by atoms with E-state index in [1.165, 1.54) is 0 Å². The van der Waals surface area contributed by atoms with E-state index >= 15 is 0 Å². The maximum absolute atomic E-state index is 9.40. The molecule has 3 N–H and O–H groups in total. The number of rotatable bonds is 3. The number of benzene rings is 1. The second kappa shape index (κ2) is 4.26. The number of nitrogen functional groups attached to an aromatic ring is 1. The molecule has 0 saturated heterocycles. The van der Waals surface area contributed by atoms with Gasteiger partial charge >= 0.3 is 0 Å². The lowest BCUT2D eigenvalue weighted by atomic mass is 10.1. The van der Waals surface area contributed by atoms with E-state index in [0.717, 1.165) is 17.7 Å². The van der Waals surface area contributed by atoms with Crippen LogP contribution in [0.4, 0.5) is 5.69 Å². The number of anilines is 1. The normalized spacial score (nSPS) is 10.1. The van der Waals surface area contributed by atoms with E-state index in [4.69, 9.17) is 5.73 Å². The summed E-state index contributed by atoms with van der Waals surface area (Å²) < 4.78 is 0. The van der Waals surface area contributed by atoms with Gasteiger partial charge in [0, 0.05) is 5.69 Å². The highest BCUT2D eigenvalue weighted by atomic mass is 32.2. The molecule has 0 aromatic heterocycles. The van der Waals surface area contributed by atoms with Crippen LogP contribution in [-0.2, 0) is 6.42 Å². The zero-order valence-corrected chi connectivity index (χ0v) is 7.90. The molecular formula is C9H13NOS. The SMILES string of the molecule is CSCCc1cc(N)ccc1O. The van der Waals surface area contributed by atoms with Crippen molar-refractivity contribution in [1.29, 1.82) is 0 Å². The Kier molecular flexibility index (Phi) is 3.29. The highest BCUT2D eigenvalue weighted by Crippen LogP contribution is 2.20. The van der Waals surface area contributed by atoms with Gasteiger partial charge < -0.3 is 10.8 Å². The van der Waals surface area contributed by atoms with Gasteiger partial charge in [0.2, 0.25) is 0 Å². The van der Waals surface area contributed by atoms with E-state index in [1.807, 2.05) is 12.3 Å². The molecule has 0 spiro atoms. The number of hydrogen-bond acceptors (Lipinski definition) is 3. The van der Waals surface area contributed by atoms with Crippen molar-refractivity contribution in [3.63, 3.8) is 0 Å². The number of phenols is 1. The summed E-state index contributed by atoms with van der Waals surface area (Å²) in [6.07, 6.45) is 2.92. The van der Waals surface area contributed by atoms with Crippen molar-refractivity contribution in [2.24, 2.45) is 0 Å². The zero-order chi connectivity index (χ0) is 8.97. The van der Waals surface area contributed by atoms with Gasteiger partial charge in [-0.2, -0.15) is 11.8 Å². The van der Waals surface area contributed by atoms with Crippen LogP contribution in [0.25, 0.3) is 0 Å². The van der Waals surface area contributed by atoms with E-state index in [0.29, 0.717) is 11.4 Å². The fraction of sp³-hybridized carbons (Fsp3) is 0.333. The fourth-order valence-electron chi connectivity index (χ4n) is 1.02. The highest BCUT2D eigenvalue weighted by Gasteiger charge is 1.99. The lowest BCUT2D eigenvalue weighted by Gasteiger charge is -2.03. The van der Waals surface area contributed by atoms with Crippen LogP contribution < -0.4 is 5.73 Å². The van der Waals surface area contributed by atoms with Crippen molar-refractivity contribution in [2.45, 2.75) is 6.42 Å². The highest BCUT2D eigenvalue weighted by molar-refractivity contribution is 7.98. The minimum atomic E-state index is 0.346. The second-order valence-electron chi connectivity index (χ2n) is 2.63. The molecule has 1 aromatic carbocycles. The summed E-state index contributed by atoms with van der Waals surface area (Å²) in [5.41, 5.74) is 7.23. The van der Waals surface area contributed by atoms with Gasteiger partial charge in [-0.1, -0.05) is 0 Å². The smallest absolute Gasteiger partial charge is 0.118 e.